The molecule has 26 heavy (non-hydrogen) atoms. The lowest BCUT2D eigenvalue weighted by Crippen LogP contribution is -2.61. The molecule has 7 heteroatoms. The van der Waals surface area contributed by atoms with Crippen molar-refractivity contribution < 1.29 is 18.3 Å². The van der Waals surface area contributed by atoms with Gasteiger partial charge < -0.3 is 14.5 Å². The lowest BCUT2D eigenvalue weighted by atomic mass is 9.83. The monoisotopic (exact) mass is 365 g/mol. The van der Waals surface area contributed by atoms with Gasteiger partial charge in [-0.3, -0.25) is 9.69 Å². The second-order valence-electron chi connectivity index (χ2n) is 7.50. The van der Waals surface area contributed by atoms with Crippen molar-refractivity contribution in [3.8, 4) is 5.75 Å². The Labute approximate surface area is 152 Å². The van der Waals surface area contributed by atoms with Gasteiger partial charge in [0.05, 0.1) is 7.11 Å². The highest BCUT2D eigenvalue weighted by Crippen LogP contribution is 2.31. The fourth-order valence-corrected chi connectivity index (χ4v) is 4.63. The molecule has 4 aliphatic heterocycles. The zero-order valence-corrected chi connectivity index (χ0v) is 15.1. The third-order valence-electron chi connectivity index (χ3n) is 6.16. The summed E-state index contributed by atoms with van der Waals surface area (Å²) in [5.41, 5.74) is -0.484. The quantitative estimate of drug-likeness (QED) is 0.819. The van der Waals surface area contributed by atoms with Crippen LogP contribution in [-0.2, 0) is 0 Å². The first-order chi connectivity index (χ1) is 12.6. The van der Waals surface area contributed by atoms with E-state index in [-0.39, 0.29) is 5.75 Å². The second kappa shape index (κ2) is 7.12. The van der Waals surface area contributed by atoms with Crippen molar-refractivity contribution in [1.29, 1.82) is 0 Å². The minimum Gasteiger partial charge on any atom is -0.497 e. The summed E-state index contributed by atoms with van der Waals surface area (Å²) in [6, 6.07) is 2.67. The van der Waals surface area contributed by atoms with Crippen molar-refractivity contribution >= 4 is 5.91 Å². The van der Waals surface area contributed by atoms with Crippen molar-refractivity contribution in [3.05, 3.63) is 29.3 Å². The smallest absolute Gasteiger partial charge is 0.259 e. The Kier molecular flexibility index (Phi) is 4.84. The van der Waals surface area contributed by atoms with Gasteiger partial charge in [0, 0.05) is 50.9 Å². The predicted octanol–water partition coefficient (Wildman–Crippen LogP) is 1.83. The highest BCUT2D eigenvalue weighted by atomic mass is 19.1. The summed E-state index contributed by atoms with van der Waals surface area (Å²) in [6.45, 7) is 6.06. The molecule has 5 nitrogen and oxygen atoms in total. The number of halogens is 2. The normalized spacial score (nSPS) is 29.0. The SMILES string of the molecule is COc1cc(F)c(C(=O)N2CCN([C@@H]3CN4CCC3CC4)CC2)c(F)c1. The Balaban J connectivity index is 1.41. The van der Waals surface area contributed by atoms with Crippen LogP contribution in [0.1, 0.15) is 23.2 Å². The van der Waals surface area contributed by atoms with Crippen LogP contribution in [0, 0.1) is 17.6 Å². The summed E-state index contributed by atoms with van der Waals surface area (Å²) < 4.78 is 33.2. The molecule has 1 amide bonds. The van der Waals surface area contributed by atoms with Crippen molar-refractivity contribution in [1.82, 2.24) is 14.7 Å². The van der Waals surface area contributed by atoms with Gasteiger partial charge in [0.1, 0.15) is 22.9 Å². The number of methoxy groups -OCH3 is 1. The van der Waals surface area contributed by atoms with Crippen LogP contribution in [0.15, 0.2) is 12.1 Å². The van der Waals surface area contributed by atoms with Crippen LogP contribution < -0.4 is 4.74 Å². The van der Waals surface area contributed by atoms with Gasteiger partial charge in [0.15, 0.2) is 0 Å². The van der Waals surface area contributed by atoms with Crippen molar-refractivity contribution in [2.75, 3.05) is 52.9 Å². The zero-order valence-electron chi connectivity index (χ0n) is 15.1. The van der Waals surface area contributed by atoms with Crippen LogP contribution in [-0.4, -0.2) is 79.6 Å². The Morgan fingerprint density at radius 3 is 2.15 bits per heavy atom. The molecular formula is C19H25F2N3O2. The molecule has 0 aliphatic carbocycles. The van der Waals surface area contributed by atoms with Crippen LogP contribution in [0.3, 0.4) is 0 Å². The van der Waals surface area contributed by atoms with E-state index in [0.717, 1.165) is 37.7 Å². The molecule has 1 aromatic carbocycles. The first kappa shape index (κ1) is 17.7. The first-order valence-electron chi connectivity index (χ1n) is 9.35. The Hall–Kier alpha value is -1.73. The molecule has 0 unspecified atom stereocenters. The molecule has 2 bridgehead atoms. The van der Waals surface area contributed by atoms with Crippen LogP contribution in [0.4, 0.5) is 8.78 Å². The lowest BCUT2D eigenvalue weighted by molar-refractivity contribution is -0.0132. The molecule has 5 rings (SSSR count). The minimum atomic E-state index is -0.869. The number of rotatable bonds is 3. The molecule has 4 heterocycles. The summed E-state index contributed by atoms with van der Waals surface area (Å²) in [7, 11) is 1.34. The van der Waals surface area contributed by atoms with Crippen LogP contribution in [0.25, 0.3) is 0 Å². The van der Waals surface area contributed by atoms with Crippen molar-refractivity contribution in [2.45, 2.75) is 18.9 Å². The highest BCUT2D eigenvalue weighted by molar-refractivity contribution is 5.95. The third kappa shape index (κ3) is 3.18. The van der Waals surface area contributed by atoms with Gasteiger partial charge >= 0.3 is 0 Å². The van der Waals surface area contributed by atoms with Gasteiger partial charge in [-0.25, -0.2) is 8.78 Å². The molecule has 0 radical (unpaired) electrons. The van der Waals surface area contributed by atoms with Gasteiger partial charge in [-0.1, -0.05) is 0 Å². The lowest BCUT2D eigenvalue weighted by Gasteiger charge is -2.51. The van der Waals surface area contributed by atoms with Gasteiger partial charge in [-0.15, -0.1) is 0 Å². The zero-order chi connectivity index (χ0) is 18.3. The highest BCUT2D eigenvalue weighted by Gasteiger charge is 2.39. The van der Waals surface area contributed by atoms with E-state index < -0.39 is 23.1 Å². The number of carbonyl (C=O) groups excluding carboxylic acids is 1. The molecule has 4 saturated heterocycles. The summed E-state index contributed by atoms with van der Waals surface area (Å²) in [6.07, 6.45) is 2.51. The number of piperidine rings is 3. The molecule has 0 spiro atoms. The Bertz CT molecular complexity index is 660. The maximum Gasteiger partial charge on any atom is 0.259 e. The summed E-state index contributed by atoms with van der Waals surface area (Å²) in [5, 5.41) is 0. The average molecular weight is 365 g/mol. The molecule has 1 atom stereocenters. The third-order valence-corrected chi connectivity index (χ3v) is 6.16. The van der Waals surface area contributed by atoms with Gasteiger partial charge in [0.2, 0.25) is 0 Å². The van der Waals surface area contributed by atoms with Gasteiger partial charge in [-0.2, -0.15) is 0 Å². The van der Waals surface area contributed by atoms with E-state index in [1.165, 1.54) is 33.0 Å². The Morgan fingerprint density at radius 2 is 1.65 bits per heavy atom. The van der Waals surface area contributed by atoms with E-state index >= 15 is 0 Å². The van der Waals surface area contributed by atoms with E-state index in [9.17, 15) is 13.6 Å². The van der Waals surface area contributed by atoms with E-state index in [4.69, 9.17) is 4.74 Å². The summed E-state index contributed by atoms with van der Waals surface area (Å²) >= 11 is 0. The number of fused-ring (bicyclic) bond motifs is 3. The number of piperazine rings is 1. The van der Waals surface area contributed by atoms with Crippen molar-refractivity contribution in [2.24, 2.45) is 5.92 Å². The van der Waals surface area contributed by atoms with E-state index in [2.05, 4.69) is 9.80 Å². The molecule has 142 valence electrons. The second-order valence-corrected chi connectivity index (χ2v) is 7.50. The van der Waals surface area contributed by atoms with Gasteiger partial charge in [-0.05, 0) is 31.8 Å². The fourth-order valence-electron chi connectivity index (χ4n) is 4.63. The number of amides is 1. The fraction of sp³-hybridized carbons (Fsp3) is 0.632. The average Bonchev–Trinajstić information content (AvgIpc) is 2.68. The molecule has 1 aromatic rings. The molecule has 0 saturated carbocycles. The number of ether oxygens (including phenoxy) is 1. The van der Waals surface area contributed by atoms with Crippen LogP contribution >= 0.6 is 0 Å². The van der Waals surface area contributed by atoms with Gasteiger partial charge in [0.25, 0.3) is 5.91 Å². The summed E-state index contributed by atoms with van der Waals surface area (Å²) in [5.74, 6) is -1.49. The topological polar surface area (TPSA) is 36.0 Å². The van der Waals surface area contributed by atoms with E-state index in [1.54, 1.807) is 4.90 Å². The number of carbonyl (C=O) groups is 1. The standard InChI is InChI=1S/C19H25F2N3O2/c1-26-14-10-15(20)18(16(21)11-14)19(25)24-8-6-23(7-9-24)17-12-22-4-2-13(17)3-5-22/h10-11,13,17H,2-9,12H2,1H3/t17-/m1/s1. The maximum absolute atomic E-state index is 14.2. The number of hydrogen-bond donors (Lipinski definition) is 0. The molecule has 0 N–H and O–H groups in total. The molecule has 0 aromatic heterocycles. The van der Waals surface area contributed by atoms with Crippen molar-refractivity contribution in [3.63, 3.8) is 0 Å². The summed E-state index contributed by atoms with van der Waals surface area (Å²) in [4.78, 5) is 19.2. The Morgan fingerprint density at radius 1 is 1.04 bits per heavy atom. The molecule has 4 aliphatic rings. The van der Waals surface area contributed by atoms with Crippen LogP contribution in [0.2, 0.25) is 0 Å². The maximum atomic E-state index is 14.2. The molecule has 4 fully saturated rings. The minimum absolute atomic E-state index is 0.0729. The number of hydrogen-bond acceptors (Lipinski definition) is 4. The van der Waals surface area contributed by atoms with E-state index in [0.29, 0.717) is 19.1 Å². The predicted molar refractivity (Wildman–Crippen MR) is 93.3 cm³/mol. The van der Waals surface area contributed by atoms with E-state index in [1.807, 2.05) is 0 Å². The van der Waals surface area contributed by atoms with Crippen LogP contribution in [0.5, 0.6) is 5.75 Å². The first-order valence-corrected chi connectivity index (χ1v) is 9.35. The number of nitrogens with zero attached hydrogens (tertiary/aromatic N) is 3. The largest absolute Gasteiger partial charge is 0.497 e. The molecular weight excluding hydrogens is 340 g/mol. The number of benzene rings is 1.